The smallest absolute Gasteiger partial charge is 0.407 e. The van der Waals surface area contributed by atoms with Crippen molar-refractivity contribution in [1.29, 1.82) is 0 Å². The van der Waals surface area contributed by atoms with Crippen molar-refractivity contribution in [3.8, 4) is 11.8 Å². The summed E-state index contributed by atoms with van der Waals surface area (Å²) in [5, 5.41) is 5.04. The van der Waals surface area contributed by atoms with Crippen LogP contribution in [0.3, 0.4) is 0 Å². The minimum Gasteiger partial charge on any atom is -0.444 e. The van der Waals surface area contributed by atoms with Gasteiger partial charge in [-0.3, -0.25) is 14.2 Å². The molecule has 1 amide bonds. The number of imidazole rings is 1. The van der Waals surface area contributed by atoms with Gasteiger partial charge in [0.1, 0.15) is 11.1 Å². The van der Waals surface area contributed by atoms with Crippen LogP contribution in [-0.2, 0) is 24.9 Å². The highest BCUT2D eigenvalue weighted by atomic mass is 16.6. The highest BCUT2D eigenvalue weighted by molar-refractivity contribution is 5.85. The molecule has 10 heteroatoms. The van der Waals surface area contributed by atoms with Gasteiger partial charge in [0.05, 0.1) is 13.1 Å². The molecule has 0 radical (unpaired) electrons. The maximum atomic E-state index is 14.1. The molecule has 0 bridgehead atoms. The Balaban J connectivity index is 1.56. The second kappa shape index (κ2) is 11.2. The van der Waals surface area contributed by atoms with Crippen molar-refractivity contribution >= 4 is 33.8 Å². The van der Waals surface area contributed by atoms with E-state index in [0.717, 1.165) is 29.2 Å². The average Bonchev–Trinajstić information content (AvgIpc) is 3.32. The van der Waals surface area contributed by atoms with E-state index in [-0.39, 0.29) is 41.3 Å². The Bertz CT molecular complexity index is 1790. The van der Waals surface area contributed by atoms with E-state index in [0.29, 0.717) is 19.0 Å². The van der Waals surface area contributed by atoms with E-state index in [2.05, 4.69) is 17.2 Å². The summed E-state index contributed by atoms with van der Waals surface area (Å²) in [6.45, 7) is 8.78. The first kappa shape index (κ1) is 28.0. The summed E-state index contributed by atoms with van der Waals surface area (Å²) < 4.78 is 10.0. The lowest BCUT2D eigenvalue weighted by molar-refractivity contribution is 0.0499. The van der Waals surface area contributed by atoms with Crippen LogP contribution >= 0.6 is 0 Å². The van der Waals surface area contributed by atoms with Crippen LogP contribution in [0.5, 0.6) is 0 Å². The number of rotatable bonds is 5. The van der Waals surface area contributed by atoms with Gasteiger partial charge in [-0.1, -0.05) is 48.4 Å². The molecule has 41 heavy (non-hydrogen) atoms. The Morgan fingerprint density at radius 2 is 1.88 bits per heavy atom. The molecule has 1 atom stereocenters. The number of alkyl carbamates (subject to hydrolysis) is 1. The number of amides is 1. The lowest BCUT2D eigenvalue weighted by atomic mass is 10.0. The van der Waals surface area contributed by atoms with Crippen LogP contribution < -0.4 is 21.3 Å². The van der Waals surface area contributed by atoms with Gasteiger partial charge in [-0.2, -0.15) is 0 Å². The molecule has 0 unspecified atom stereocenters. The van der Waals surface area contributed by atoms with Crippen LogP contribution in [0.1, 0.15) is 46.1 Å². The third-order valence-electron chi connectivity index (χ3n) is 7.28. The molecule has 0 aliphatic carbocycles. The summed E-state index contributed by atoms with van der Waals surface area (Å²) >= 11 is 0. The van der Waals surface area contributed by atoms with Crippen molar-refractivity contribution in [2.24, 2.45) is 7.05 Å². The van der Waals surface area contributed by atoms with E-state index in [4.69, 9.17) is 9.72 Å². The van der Waals surface area contributed by atoms with Crippen molar-refractivity contribution in [3.63, 3.8) is 0 Å². The molecule has 1 fully saturated rings. The Morgan fingerprint density at radius 3 is 2.63 bits per heavy atom. The molecular formula is C31H36N6O4. The Kier molecular flexibility index (Phi) is 7.63. The summed E-state index contributed by atoms with van der Waals surface area (Å²) in [6.07, 6.45) is 1.11. The van der Waals surface area contributed by atoms with E-state index in [9.17, 15) is 14.4 Å². The van der Waals surface area contributed by atoms with Gasteiger partial charge in [0.15, 0.2) is 5.52 Å². The highest BCUT2D eigenvalue weighted by Gasteiger charge is 2.29. The van der Waals surface area contributed by atoms with E-state index < -0.39 is 11.7 Å². The van der Waals surface area contributed by atoms with Crippen LogP contribution in [-0.4, -0.2) is 49.7 Å². The number of nitrogens with one attached hydrogen (secondary N) is 1. The lowest BCUT2D eigenvalue weighted by Crippen LogP contribution is -2.49. The highest BCUT2D eigenvalue weighted by Crippen LogP contribution is 2.24. The number of hydrogen-bond acceptors (Lipinski definition) is 6. The molecule has 0 saturated carbocycles. The third kappa shape index (κ3) is 5.71. The van der Waals surface area contributed by atoms with Crippen molar-refractivity contribution < 1.29 is 9.53 Å². The summed E-state index contributed by atoms with van der Waals surface area (Å²) in [4.78, 5) is 46.8. The molecule has 2 aromatic carbocycles. The summed E-state index contributed by atoms with van der Waals surface area (Å²) in [7, 11) is 1.60. The van der Waals surface area contributed by atoms with Crippen LogP contribution in [0.25, 0.3) is 21.8 Å². The fourth-order valence-corrected chi connectivity index (χ4v) is 5.40. The topological polar surface area (TPSA) is 103 Å². The zero-order chi connectivity index (χ0) is 29.3. The summed E-state index contributed by atoms with van der Waals surface area (Å²) in [5.41, 5.74) is 0.00952. The van der Waals surface area contributed by atoms with Gasteiger partial charge in [-0.25, -0.2) is 19.1 Å². The predicted octanol–water partition coefficient (Wildman–Crippen LogP) is 3.62. The molecule has 5 rings (SSSR count). The number of piperidine rings is 1. The molecular weight excluding hydrogens is 520 g/mol. The number of fused-ring (bicyclic) bond motifs is 2. The first-order valence-corrected chi connectivity index (χ1v) is 13.9. The number of nitrogens with zero attached hydrogens (tertiary/aromatic N) is 5. The van der Waals surface area contributed by atoms with Gasteiger partial charge in [0.2, 0.25) is 5.95 Å². The van der Waals surface area contributed by atoms with Gasteiger partial charge in [-0.15, -0.1) is 5.92 Å². The molecule has 3 heterocycles. The number of carbonyl (C=O) groups excluding carboxylic acids is 1. The maximum Gasteiger partial charge on any atom is 0.407 e. The number of hydrogen-bond donors (Lipinski definition) is 1. The molecule has 214 valence electrons. The molecule has 1 N–H and O–H groups in total. The summed E-state index contributed by atoms with van der Waals surface area (Å²) in [5.74, 6) is 6.44. The second-order valence-electron chi connectivity index (χ2n) is 11.4. The standard InChI is InChI=1S/C31H36N6O4/c1-6-7-18-36-26-25(33-29(36)35-17-11-15-23(20-35)32-30(40)41-31(2,3)4)27(38)34(5)37(28(26)39)19-22-14-10-13-21-12-8-9-16-24(21)22/h8-10,12-14,16,23H,11,15,17-20H2,1-5H3,(H,32,40)/t23-/m1/s1. The minimum absolute atomic E-state index is 0.113. The van der Waals surface area contributed by atoms with E-state index in [1.165, 1.54) is 9.36 Å². The Hall–Kier alpha value is -4.52. The monoisotopic (exact) mass is 556 g/mol. The SMILES string of the molecule is CC#CCn1c(N2CCC[C@@H](NC(=O)OC(C)(C)C)C2)nc2c(=O)n(C)n(Cc3cccc4ccccc34)c(=O)c21. The van der Waals surface area contributed by atoms with E-state index in [1.54, 1.807) is 18.5 Å². The van der Waals surface area contributed by atoms with Crippen molar-refractivity contribution in [2.75, 3.05) is 18.0 Å². The third-order valence-corrected chi connectivity index (χ3v) is 7.28. The van der Waals surface area contributed by atoms with Gasteiger partial charge in [0, 0.05) is 26.2 Å². The van der Waals surface area contributed by atoms with Crippen LogP contribution in [0.2, 0.25) is 0 Å². The van der Waals surface area contributed by atoms with E-state index in [1.807, 2.05) is 68.1 Å². The fraction of sp³-hybridized carbons (Fsp3) is 0.419. The first-order valence-electron chi connectivity index (χ1n) is 13.9. The van der Waals surface area contributed by atoms with Gasteiger partial charge in [-0.05, 0) is 56.9 Å². The molecule has 2 aromatic heterocycles. The molecule has 0 spiro atoms. The zero-order valence-corrected chi connectivity index (χ0v) is 24.2. The van der Waals surface area contributed by atoms with Crippen LogP contribution in [0, 0.1) is 11.8 Å². The van der Waals surface area contributed by atoms with Crippen molar-refractivity contribution in [1.82, 2.24) is 24.2 Å². The Labute approximate surface area is 238 Å². The van der Waals surface area contributed by atoms with E-state index >= 15 is 0 Å². The quantitative estimate of drug-likeness (QED) is 0.377. The second-order valence-corrected chi connectivity index (χ2v) is 11.4. The number of carbonyl (C=O) groups is 1. The number of ether oxygens (including phenoxy) is 1. The molecule has 10 nitrogen and oxygen atoms in total. The summed E-state index contributed by atoms with van der Waals surface area (Å²) in [6, 6.07) is 13.8. The first-order chi connectivity index (χ1) is 19.6. The van der Waals surface area contributed by atoms with Crippen molar-refractivity contribution in [2.45, 2.75) is 65.3 Å². The van der Waals surface area contributed by atoms with Gasteiger partial charge in [0.25, 0.3) is 11.1 Å². The zero-order valence-electron chi connectivity index (χ0n) is 24.2. The minimum atomic E-state index is -0.600. The number of benzene rings is 2. The normalized spacial score (nSPS) is 15.5. The number of anilines is 1. The van der Waals surface area contributed by atoms with Gasteiger partial charge < -0.3 is 15.0 Å². The van der Waals surface area contributed by atoms with Gasteiger partial charge >= 0.3 is 6.09 Å². The lowest BCUT2D eigenvalue weighted by Gasteiger charge is -2.34. The largest absolute Gasteiger partial charge is 0.444 e. The number of aromatic nitrogens is 4. The van der Waals surface area contributed by atoms with Crippen LogP contribution in [0.15, 0.2) is 52.1 Å². The maximum absolute atomic E-state index is 14.1. The molecule has 1 aliphatic rings. The predicted molar refractivity (Wildman–Crippen MR) is 160 cm³/mol. The molecule has 1 aliphatic heterocycles. The average molecular weight is 557 g/mol. The van der Waals surface area contributed by atoms with Crippen LogP contribution in [0.4, 0.5) is 10.7 Å². The molecule has 1 saturated heterocycles. The Morgan fingerprint density at radius 1 is 1.12 bits per heavy atom. The fourth-order valence-electron chi connectivity index (χ4n) is 5.40. The molecule has 4 aromatic rings. The van der Waals surface area contributed by atoms with Crippen molar-refractivity contribution in [3.05, 3.63) is 68.7 Å².